The zero-order valence-electron chi connectivity index (χ0n) is 9.35. The van der Waals surface area contributed by atoms with Crippen LogP contribution in [0.1, 0.15) is 24.9 Å². The van der Waals surface area contributed by atoms with Crippen LogP contribution in [-0.2, 0) is 4.79 Å². The molecule has 0 aromatic heterocycles. The molecule has 0 bridgehead atoms. The van der Waals surface area contributed by atoms with Crippen LogP contribution in [0.2, 0.25) is 0 Å². The van der Waals surface area contributed by atoms with Gasteiger partial charge in [0.05, 0.1) is 6.67 Å². The summed E-state index contributed by atoms with van der Waals surface area (Å²) in [5, 5.41) is 9.53. The lowest BCUT2D eigenvalue weighted by Crippen LogP contribution is -2.11. The second kappa shape index (κ2) is 7.09. The fraction of sp³-hybridized carbons (Fsp3) is 0.364. The van der Waals surface area contributed by atoms with E-state index in [-0.39, 0.29) is 30.3 Å². The molecule has 1 aromatic rings. The van der Waals surface area contributed by atoms with Crippen molar-refractivity contribution in [2.24, 2.45) is 5.73 Å². The van der Waals surface area contributed by atoms with Crippen LogP contribution in [-0.4, -0.2) is 17.8 Å². The van der Waals surface area contributed by atoms with Crippen LogP contribution in [0, 0.1) is 0 Å². The number of rotatable bonds is 4. The van der Waals surface area contributed by atoms with Gasteiger partial charge in [-0.15, -0.1) is 12.4 Å². The largest absolute Gasteiger partial charge is 0.504 e. The van der Waals surface area contributed by atoms with E-state index < -0.39 is 18.7 Å². The summed E-state index contributed by atoms with van der Waals surface area (Å²) in [7, 11) is 0. The molecule has 0 amide bonds. The maximum atomic E-state index is 12.1. The molecular weight excluding hydrogens is 249 g/mol. The smallest absolute Gasteiger partial charge is 0.308 e. The number of esters is 1. The Hall–Kier alpha value is -1.33. The minimum absolute atomic E-state index is 0. The highest BCUT2D eigenvalue weighted by Crippen LogP contribution is 2.29. The van der Waals surface area contributed by atoms with E-state index in [0.29, 0.717) is 5.56 Å². The fourth-order valence-corrected chi connectivity index (χ4v) is 1.29. The zero-order chi connectivity index (χ0) is 12.1. The van der Waals surface area contributed by atoms with E-state index in [2.05, 4.69) is 0 Å². The summed E-state index contributed by atoms with van der Waals surface area (Å²) in [6.07, 6.45) is 0.187. The average molecular weight is 264 g/mol. The molecule has 6 heteroatoms. The highest BCUT2D eigenvalue weighted by molar-refractivity contribution is 5.85. The lowest BCUT2D eigenvalue weighted by molar-refractivity contribution is -0.132. The molecule has 1 rings (SSSR count). The molecule has 0 aliphatic carbocycles. The van der Waals surface area contributed by atoms with Crippen LogP contribution in [0.4, 0.5) is 4.39 Å². The molecule has 0 radical (unpaired) electrons. The van der Waals surface area contributed by atoms with Crippen LogP contribution < -0.4 is 10.5 Å². The van der Waals surface area contributed by atoms with E-state index in [1.807, 2.05) is 0 Å². The molecule has 1 atom stereocenters. The van der Waals surface area contributed by atoms with Gasteiger partial charge in [0.25, 0.3) is 0 Å². The Bertz CT molecular complexity index is 387. The van der Waals surface area contributed by atoms with Crippen LogP contribution in [0.3, 0.4) is 0 Å². The van der Waals surface area contributed by atoms with E-state index in [1.54, 1.807) is 6.07 Å². The number of aromatic hydroxyl groups is 1. The summed E-state index contributed by atoms with van der Waals surface area (Å²) in [4.78, 5) is 10.7. The van der Waals surface area contributed by atoms with Gasteiger partial charge in [-0.05, 0) is 24.1 Å². The van der Waals surface area contributed by atoms with Crippen molar-refractivity contribution in [1.82, 2.24) is 0 Å². The molecule has 0 unspecified atom stereocenters. The highest BCUT2D eigenvalue weighted by atomic mass is 35.5. The summed E-state index contributed by atoms with van der Waals surface area (Å²) in [5.74, 6) is -0.623. The molecule has 0 heterocycles. The molecular formula is C11H15ClFNO3. The minimum Gasteiger partial charge on any atom is -0.504 e. The van der Waals surface area contributed by atoms with E-state index in [9.17, 15) is 14.3 Å². The Labute approximate surface area is 105 Å². The van der Waals surface area contributed by atoms with Gasteiger partial charge >= 0.3 is 5.97 Å². The topological polar surface area (TPSA) is 72.5 Å². The molecule has 0 aliphatic rings. The van der Waals surface area contributed by atoms with Gasteiger partial charge in [0, 0.05) is 13.0 Å². The third-order valence-corrected chi connectivity index (χ3v) is 2.08. The van der Waals surface area contributed by atoms with Gasteiger partial charge < -0.3 is 15.6 Å². The SMILES string of the molecule is CC(=O)Oc1ccc([C@@H](N)CCF)cc1O.Cl. The van der Waals surface area contributed by atoms with E-state index >= 15 is 0 Å². The average Bonchev–Trinajstić information content (AvgIpc) is 2.20. The van der Waals surface area contributed by atoms with Gasteiger partial charge in [-0.1, -0.05) is 6.07 Å². The standard InChI is InChI=1S/C11H14FNO3.ClH/c1-7(14)16-11-3-2-8(6-10(11)15)9(13)4-5-12;/h2-3,6,9,15H,4-5,13H2,1H3;1H/t9-;/m0./s1. The molecule has 0 aliphatic heterocycles. The van der Waals surface area contributed by atoms with Crippen molar-refractivity contribution in [3.63, 3.8) is 0 Å². The second-order valence-electron chi connectivity index (χ2n) is 3.40. The van der Waals surface area contributed by atoms with Crippen LogP contribution in [0.15, 0.2) is 18.2 Å². The minimum atomic E-state index is -0.520. The first-order valence-electron chi connectivity index (χ1n) is 4.87. The predicted octanol–water partition coefficient (Wildman–Crippen LogP) is 2.10. The van der Waals surface area contributed by atoms with Crippen LogP contribution in [0.25, 0.3) is 0 Å². The quantitative estimate of drug-likeness (QED) is 0.645. The Kier molecular flexibility index (Phi) is 6.53. The number of carbonyl (C=O) groups excluding carboxylic acids is 1. The normalized spacial score (nSPS) is 11.5. The van der Waals surface area contributed by atoms with E-state index in [4.69, 9.17) is 10.5 Å². The first-order chi connectivity index (χ1) is 7.54. The highest BCUT2D eigenvalue weighted by Gasteiger charge is 2.10. The van der Waals surface area contributed by atoms with Gasteiger partial charge in [0.15, 0.2) is 11.5 Å². The monoisotopic (exact) mass is 263 g/mol. The Morgan fingerprint density at radius 3 is 2.71 bits per heavy atom. The summed E-state index contributed by atoms with van der Waals surface area (Å²) in [6, 6.07) is 3.93. The number of benzene rings is 1. The van der Waals surface area contributed by atoms with Gasteiger partial charge in [0.1, 0.15) is 0 Å². The first-order valence-corrected chi connectivity index (χ1v) is 4.87. The summed E-state index contributed by atoms with van der Waals surface area (Å²) < 4.78 is 16.8. The molecule has 3 N–H and O–H groups in total. The number of hydrogen-bond donors (Lipinski definition) is 2. The molecule has 96 valence electrons. The number of phenolic OH excluding ortho intramolecular Hbond substituents is 1. The molecule has 0 fully saturated rings. The summed E-state index contributed by atoms with van der Waals surface area (Å²) >= 11 is 0. The first kappa shape index (κ1) is 15.7. The number of ether oxygens (including phenoxy) is 1. The van der Waals surface area contributed by atoms with Crippen molar-refractivity contribution in [3.05, 3.63) is 23.8 Å². The molecule has 1 aromatic carbocycles. The maximum absolute atomic E-state index is 12.1. The van der Waals surface area contributed by atoms with Crippen molar-refractivity contribution in [1.29, 1.82) is 0 Å². The van der Waals surface area contributed by atoms with Crippen LogP contribution >= 0.6 is 12.4 Å². The Balaban J connectivity index is 0.00000256. The zero-order valence-corrected chi connectivity index (χ0v) is 10.2. The third kappa shape index (κ3) is 4.58. The van der Waals surface area contributed by atoms with E-state index in [1.165, 1.54) is 19.1 Å². The summed E-state index contributed by atoms with van der Waals surface area (Å²) in [6.45, 7) is 0.718. The lowest BCUT2D eigenvalue weighted by Gasteiger charge is -2.11. The van der Waals surface area contributed by atoms with Gasteiger partial charge in [-0.3, -0.25) is 9.18 Å². The number of hydrogen-bond acceptors (Lipinski definition) is 4. The number of carbonyl (C=O) groups is 1. The Morgan fingerprint density at radius 2 is 2.24 bits per heavy atom. The fourth-order valence-electron chi connectivity index (χ4n) is 1.29. The van der Waals surface area contributed by atoms with Crippen molar-refractivity contribution >= 4 is 18.4 Å². The van der Waals surface area contributed by atoms with Gasteiger partial charge in [-0.25, -0.2) is 0 Å². The maximum Gasteiger partial charge on any atom is 0.308 e. The molecule has 0 saturated heterocycles. The summed E-state index contributed by atoms with van der Waals surface area (Å²) in [5.41, 5.74) is 6.27. The van der Waals surface area contributed by atoms with Crippen molar-refractivity contribution in [2.75, 3.05) is 6.67 Å². The molecule has 4 nitrogen and oxygen atoms in total. The van der Waals surface area contributed by atoms with Crippen molar-refractivity contribution in [2.45, 2.75) is 19.4 Å². The predicted molar refractivity (Wildman–Crippen MR) is 64.2 cm³/mol. The van der Waals surface area contributed by atoms with Crippen LogP contribution in [0.5, 0.6) is 11.5 Å². The number of nitrogens with two attached hydrogens (primary N) is 1. The molecule has 17 heavy (non-hydrogen) atoms. The molecule has 0 spiro atoms. The number of alkyl halides is 1. The second-order valence-corrected chi connectivity index (χ2v) is 3.40. The van der Waals surface area contributed by atoms with Gasteiger partial charge in [-0.2, -0.15) is 0 Å². The van der Waals surface area contributed by atoms with E-state index in [0.717, 1.165) is 0 Å². The number of halogens is 2. The lowest BCUT2D eigenvalue weighted by atomic mass is 10.0. The molecule has 0 saturated carbocycles. The number of phenols is 1. The van der Waals surface area contributed by atoms with Crippen molar-refractivity contribution in [3.8, 4) is 11.5 Å². The Morgan fingerprint density at radius 1 is 1.59 bits per heavy atom. The van der Waals surface area contributed by atoms with Crippen molar-refractivity contribution < 1.29 is 19.0 Å². The third-order valence-electron chi connectivity index (χ3n) is 2.08. The van der Waals surface area contributed by atoms with Gasteiger partial charge in [0.2, 0.25) is 0 Å².